The molecule has 0 bridgehead atoms. The SMILES string of the molecule is C[C@@H]1CN(CCC(=O)NNC(=O)CCc2nc3ccccc3s2)C[C@H](C)O1. The summed E-state index contributed by atoms with van der Waals surface area (Å²) >= 11 is 1.59. The third-order valence-corrected chi connectivity index (χ3v) is 5.49. The maximum atomic E-state index is 12.0. The van der Waals surface area contributed by atoms with E-state index in [9.17, 15) is 9.59 Å². The van der Waals surface area contributed by atoms with Gasteiger partial charge in [-0.3, -0.25) is 25.3 Å². The normalized spacial score (nSPS) is 20.5. The predicted octanol–water partition coefficient (Wildman–Crippen LogP) is 1.88. The number of amides is 2. The summed E-state index contributed by atoms with van der Waals surface area (Å²) < 4.78 is 6.80. The lowest BCUT2D eigenvalue weighted by molar-refractivity contribution is -0.129. The molecule has 146 valence electrons. The number of benzene rings is 1. The largest absolute Gasteiger partial charge is 0.373 e. The number of nitrogens with one attached hydrogen (secondary N) is 2. The molecule has 2 amide bonds. The number of aromatic nitrogens is 1. The van der Waals surface area contributed by atoms with Crippen molar-refractivity contribution < 1.29 is 14.3 Å². The molecular formula is C19H26N4O3S. The third-order valence-electron chi connectivity index (χ3n) is 4.40. The minimum absolute atomic E-state index is 0.180. The van der Waals surface area contributed by atoms with Crippen LogP contribution in [0.3, 0.4) is 0 Å². The second-order valence-electron chi connectivity index (χ2n) is 6.94. The van der Waals surface area contributed by atoms with Gasteiger partial charge in [-0.25, -0.2) is 4.98 Å². The van der Waals surface area contributed by atoms with Crippen LogP contribution in [-0.2, 0) is 20.7 Å². The van der Waals surface area contributed by atoms with Crippen molar-refractivity contribution in [2.24, 2.45) is 0 Å². The highest BCUT2D eigenvalue weighted by Crippen LogP contribution is 2.22. The van der Waals surface area contributed by atoms with Gasteiger partial charge in [-0.1, -0.05) is 12.1 Å². The fraction of sp³-hybridized carbons (Fsp3) is 0.526. The molecule has 1 saturated heterocycles. The lowest BCUT2D eigenvalue weighted by Gasteiger charge is -2.35. The quantitative estimate of drug-likeness (QED) is 0.736. The molecule has 1 aromatic carbocycles. The van der Waals surface area contributed by atoms with Gasteiger partial charge >= 0.3 is 0 Å². The standard InChI is InChI=1S/C19H26N4O3S/c1-13-11-23(12-14(2)26-13)10-9-18(25)22-21-17(24)7-8-19-20-15-5-3-4-6-16(15)27-19/h3-6,13-14H,7-12H2,1-2H3,(H,21,24)(H,22,25)/t13-,14+. The topological polar surface area (TPSA) is 83.6 Å². The van der Waals surface area contributed by atoms with E-state index in [1.807, 2.05) is 38.1 Å². The minimum Gasteiger partial charge on any atom is -0.373 e. The number of fused-ring (bicyclic) bond motifs is 1. The minimum atomic E-state index is -0.212. The fourth-order valence-corrected chi connectivity index (χ4v) is 4.21. The Hall–Kier alpha value is -2.03. The molecule has 1 aliphatic rings. The number of hydrogen-bond donors (Lipinski definition) is 2. The average Bonchev–Trinajstić information content (AvgIpc) is 3.05. The summed E-state index contributed by atoms with van der Waals surface area (Å²) in [5.74, 6) is -0.397. The molecule has 0 unspecified atom stereocenters. The van der Waals surface area contributed by atoms with Crippen molar-refractivity contribution in [3.05, 3.63) is 29.3 Å². The summed E-state index contributed by atoms with van der Waals surface area (Å²) in [5, 5.41) is 0.924. The van der Waals surface area contributed by atoms with Crippen LogP contribution < -0.4 is 10.9 Å². The third kappa shape index (κ3) is 5.98. The number of ether oxygens (including phenoxy) is 1. The van der Waals surface area contributed by atoms with Crippen LogP contribution in [0.2, 0.25) is 0 Å². The molecule has 2 aromatic rings. The van der Waals surface area contributed by atoms with Crippen molar-refractivity contribution in [3.8, 4) is 0 Å². The highest BCUT2D eigenvalue weighted by molar-refractivity contribution is 7.18. The number of nitrogens with zero attached hydrogens (tertiary/aromatic N) is 2. The van der Waals surface area contributed by atoms with Gasteiger partial charge in [-0.2, -0.15) is 0 Å². The zero-order valence-electron chi connectivity index (χ0n) is 15.7. The summed E-state index contributed by atoms with van der Waals surface area (Å²) in [7, 11) is 0. The molecule has 2 heterocycles. The van der Waals surface area contributed by atoms with Gasteiger partial charge in [0, 0.05) is 38.9 Å². The lowest BCUT2D eigenvalue weighted by atomic mass is 10.2. The van der Waals surface area contributed by atoms with E-state index in [1.165, 1.54) is 0 Å². The summed E-state index contributed by atoms with van der Waals surface area (Å²) in [4.78, 5) is 30.6. The maximum absolute atomic E-state index is 12.0. The average molecular weight is 391 g/mol. The molecule has 2 N–H and O–H groups in total. The number of para-hydroxylation sites is 1. The number of rotatable bonds is 6. The maximum Gasteiger partial charge on any atom is 0.239 e. The van der Waals surface area contributed by atoms with Crippen LogP contribution in [0.15, 0.2) is 24.3 Å². The molecule has 1 aliphatic heterocycles. The van der Waals surface area contributed by atoms with Crippen molar-refractivity contribution >= 4 is 33.4 Å². The van der Waals surface area contributed by atoms with Crippen molar-refractivity contribution in [2.75, 3.05) is 19.6 Å². The van der Waals surface area contributed by atoms with E-state index in [0.29, 0.717) is 25.8 Å². The Morgan fingerprint density at radius 3 is 2.52 bits per heavy atom. The van der Waals surface area contributed by atoms with Gasteiger partial charge < -0.3 is 4.74 Å². The van der Waals surface area contributed by atoms with Crippen LogP contribution in [0.5, 0.6) is 0 Å². The van der Waals surface area contributed by atoms with Gasteiger partial charge in [0.15, 0.2) is 0 Å². The van der Waals surface area contributed by atoms with Gasteiger partial charge in [0.05, 0.1) is 27.4 Å². The van der Waals surface area contributed by atoms with Crippen molar-refractivity contribution in [1.29, 1.82) is 0 Å². The molecule has 1 fully saturated rings. The Balaban J connectivity index is 1.34. The highest BCUT2D eigenvalue weighted by atomic mass is 32.1. The van der Waals surface area contributed by atoms with Crippen LogP contribution in [0.25, 0.3) is 10.2 Å². The van der Waals surface area contributed by atoms with E-state index in [0.717, 1.165) is 28.3 Å². The van der Waals surface area contributed by atoms with E-state index in [2.05, 4.69) is 20.7 Å². The second kappa shape index (κ2) is 9.25. The monoisotopic (exact) mass is 390 g/mol. The zero-order valence-corrected chi connectivity index (χ0v) is 16.6. The van der Waals surface area contributed by atoms with E-state index in [-0.39, 0.29) is 24.0 Å². The first-order valence-electron chi connectivity index (χ1n) is 9.29. The van der Waals surface area contributed by atoms with Crippen LogP contribution in [0.4, 0.5) is 0 Å². The molecular weight excluding hydrogens is 364 g/mol. The molecule has 8 heteroatoms. The lowest BCUT2D eigenvalue weighted by Crippen LogP contribution is -2.47. The fourth-order valence-electron chi connectivity index (χ4n) is 3.24. The molecule has 0 saturated carbocycles. The Labute approximate surface area is 163 Å². The summed E-state index contributed by atoms with van der Waals surface area (Å²) in [5.41, 5.74) is 5.94. The number of morpholine rings is 1. The molecule has 2 atom stereocenters. The Morgan fingerprint density at radius 1 is 1.15 bits per heavy atom. The van der Waals surface area contributed by atoms with Gasteiger partial charge in [0.2, 0.25) is 11.8 Å². The van der Waals surface area contributed by atoms with Crippen LogP contribution >= 0.6 is 11.3 Å². The summed E-state index contributed by atoms with van der Waals surface area (Å²) in [6.45, 7) is 6.38. The smallest absolute Gasteiger partial charge is 0.239 e. The summed E-state index contributed by atoms with van der Waals surface area (Å²) in [6, 6.07) is 7.91. The first-order valence-corrected chi connectivity index (χ1v) is 10.1. The van der Waals surface area contributed by atoms with Gasteiger partial charge in [0.25, 0.3) is 0 Å². The van der Waals surface area contributed by atoms with E-state index >= 15 is 0 Å². The number of carbonyl (C=O) groups excluding carboxylic acids is 2. The molecule has 1 aromatic heterocycles. The number of carbonyl (C=O) groups is 2. The van der Waals surface area contributed by atoms with Crippen molar-refractivity contribution in [3.63, 3.8) is 0 Å². The second-order valence-corrected chi connectivity index (χ2v) is 8.05. The summed E-state index contributed by atoms with van der Waals surface area (Å²) in [6.07, 6.45) is 1.55. The van der Waals surface area contributed by atoms with E-state index in [4.69, 9.17) is 4.74 Å². The molecule has 3 rings (SSSR count). The first kappa shape index (κ1) is 19.7. The van der Waals surface area contributed by atoms with Gasteiger partial charge in [-0.05, 0) is 26.0 Å². The van der Waals surface area contributed by atoms with E-state index < -0.39 is 0 Å². The number of hydrazine groups is 1. The van der Waals surface area contributed by atoms with Crippen LogP contribution in [0.1, 0.15) is 31.7 Å². The predicted molar refractivity (Wildman–Crippen MR) is 105 cm³/mol. The number of aryl methyl sites for hydroxylation is 1. The Morgan fingerprint density at radius 2 is 1.81 bits per heavy atom. The zero-order chi connectivity index (χ0) is 19.2. The van der Waals surface area contributed by atoms with Crippen LogP contribution in [0, 0.1) is 0 Å². The van der Waals surface area contributed by atoms with E-state index in [1.54, 1.807) is 11.3 Å². The number of thiazole rings is 1. The van der Waals surface area contributed by atoms with Crippen LogP contribution in [-0.4, -0.2) is 53.5 Å². The number of hydrogen-bond acceptors (Lipinski definition) is 6. The highest BCUT2D eigenvalue weighted by Gasteiger charge is 2.22. The Kier molecular flexibility index (Phi) is 6.76. The van der Waals surface area contributed by atoms with Crippen molar-refractivity contribution in [1.82, 2.24) is 20.7 Å². The molecule has 7 nitrogen and oxygen atoms in total. The molecule has 0 radical (unpaired) electrons. The molecule has 0 aliphatic carbocycles. The Bertz CT molecular complexity index is 751. The van der Waals surface area contributed by atoms with Crippen molar-refractivity contribution in [2.45, 2.75) is 45.3 Å². The first-order chi connectivity index (χ1) is 13.0. The molecule has 0 spiro atoms. The van der Waals surface area contributed by atoms with Gasteiger partial charge in [0.1, 0.15) is 0 Å². The molecule has 27 heavy (non-hydrogen) atoms. The van der Waals surface area contributed by atoms with Gasteiger partial charge in [-0.15, -0.1) is 11.3 Å².